The molecule has 0 saturated carbocycles. The number of aryl methyl sites for hydroxylation is 1. The van der Waals surface area contributed by atoms with E-state index >= 15 is 0 Å². The first-order valence-electron chi connectivity index (χ1n) is 6.53. The summed E-state index contributed by atoms with van der Waals surface area (Å²) in [7, 11) is 0. The van der Waals surface area contributed by atoms with Crippen molar-refractivity contribution in [2.75, 3.05) is 6.61 Å². The van der Waals surface area contributed by atoms with Crippen LogP contribution < -0.4 is 5.32 Å². The van der Waals surface area contributed by atoms with Crippen molar-refractivity contribution < 1.29 is 9.90 Å². The Morgan fingerprint density at radius 2 is 2.35 bits per heavy atom. The number of carbonyl (C=O) groups excluding carboxylic acids is 1. The highest BCUT2D eigenvalue weighted by Crippen LogP contribution is 2.29. The Morgan fingerprint density at radius 3 is 3.00 bits per heavy atom. The Labute approximate surface area is 126 Å². The molecule has 0 aliphatic carbocycles. The number of hydrogen-bond donors (Lipinski definition) is 2. The fourth-order valence-electron chi connectivity index (χ4n) is 1.88. The second kappa shape index (κ2) is 6.97. The summed E-state index contributed by atoms with van der Waals surface area (Å²) in [5.74, 6) is -0.0769. The number of amides is 1. The predicted molar refractivity (Wildman–Crippen MR) is 83.4 cm³/mol. The van der Waals surface area contributed by atoms with E-state index in [4.69, 9.17) is 5.11 Å². The third kappa shape index (κ3) is 3.65. The molecule has 2 rings (SSSR count). The van der Waals surface area contributed by atoms with Gasteiger partial charge in [0.2, 0.25) is 0 Å². The van der Waals surface area contributed by atoms with Crippen LogP contribution in [0.15, 0.2) is 16.8 Å². The van der Waals surface area contributed by atoms with Crippen molar-refractivity contribution >= 4 is 28.6 Å². The van der Waals surface area contributed by atoms with E-state index in [1.807, 2.05) is 30.7 Å². The lowest BCUT2D eigenvalue weighted by Gasteiger charge is -2.12. The molecule has 0 spiro atoms. The van der Waals surface area contributed by atoms with Crippen LogP contribution in [0.25, 0.3) is 10.6 Å². The molecule has 1 atom stereocenters. The predicted octanol–water partition coefficient (Wildman–Crippen LogP) is 3.07. The minimum Gasteiger partial charge on any atom is -0.396 e. The SMILES string of the molecule is Cc1nc(-c2ccsc2)sc1C(=O)NC(C)CCCO. The number of hydrogen-bond acceptors (Lipinski definition) is 5. The molecule has 2 aromatic heterocycles. The van der Waals surface area contributed by atoms with Gasteiger partial charge in [-0.25, -0.2) is 4.98 Å². The van der Waals surface area contributed by atoms with E-state index in [9.17, 15) is 4.79 Å². The van der Waals surface area contributed by atoms with Gasteiger partial charge in [0.1, 0.15) is 9.88 Å². The quantitative estimate of drug-likeness (QED) is 0.862. The molecule has 1 unspecified atom stereocenters. The zero-order chi connectivity index (χ0) is 14.5. The Bertz CT molecular complexity index is 564. The van der Waals surface area contributed by atoms with Gasteiger partial charge in [0.15, 0.2) is 0 Å². The Morgan fingerprint density at radius 1 is 1.55 bits per heavy atom. The lowest BCUT2D eigenvalue weighted by molar-refractivity contribution is 0.0939. The van der Waals surface area contributed by atoms with Crippen molar-refractivity contribution in [2.24, 2.45) is 0 Å². The first-order chi connectivity index (χ1) is 9.61. The molecular weight excluding hydrogens is 292 g/mol. The molecule has 2 aromatic rings. The molecule has 0 radical (unpaired) electrons. The van der Waals surface area contributed by atoms with Crippen LogP contribution in [0.4, 0.5) is 0 Å². The van der Waals surface area contributed by atoms with Crippen molar-refractivity contribution in [3.8, 4) is 10.6 Å². The van der Waals surface area contributed by atoms with Gasteiger partial charge in [-0.15, -0.1) is 11.3 Å². The smallest absolute Gasteiger partial charge is 0.263 e. The van der Waals surface area contributed by atoms with Crippen LogP contribution in [0.2, 0.25) is 0 Å². The van der Waals surface area contributed by atoms with Gasteiger partial charge >= 0.3 is 0 Å². The van der Waals surface area contributed by atoms with Crippen LogP contribution in [0.5, 0.6) is 0 Å². The highest BCUT2D eigenvalue weighted by molar-refractivity contribution is 7.17. The minimum absolute atomic E-state index is 0.0562. The summed E-state index contributed by atoms with van der Waals surface area (Å²) in [5.41, 5.74) is 1.83. The van der Waals surface area contributed by atoms with E-state index in [2.05, 4.69) is 10.3 Å². The largest absolute Gasteiger partial charge is 0.396 e. The van der Waals surface area contributed by atoms with Gasteiger partial charge in [0.05, 0.1) is 5.69 Å². The summed E-state index contributed by atoms with van der Waals surface area (Å²) in [6, 6.07) is 2.06. The fraction of sp³-hybridized carbons (Fsp3) is 0.429. The highest BCUT2D eigenvalue weighted by Gasteiger charge is 2.17. The number of nitrogens with one attached hydrogen (secondary N) is 1. The molecule has 4 nitrogen and oxygen atoms in total. The number of nitrogens with zero attached hydrogens (tertiary/aromatic N) is 1. The van der Waals surface area contributed by atoms with Crippen LogP contribution >= 0.6 is 22.7 Å². The summed E-state index contributed by atoms with van der Waals surface area (Å²) < 4.78 is 0. The zero-order valence-electron chi connectivity index (χ0n) is 11.5. The lowest BCUT2D eigenvalue weighted by Crippen LogP contribution is -2.32. The van der Waals surface area contributed by atoms with E-state index in [0.717, 1.165) is 22.7 Å². The van der Waals surface area contributed by atoms with Gasteiger partial charge < -0.3 is 10.4 Å². The average molecular weight is 310 g/mol. The highest BCUT2D eigenvalue weighted by atomic mass is 32.1. The lowest BCUT2D eigenvalue weighted by atomic mass is 10.2. The van der Waals surface area contributed by atoms with Crippen LogP contribution in [0, 0.1) is 6.92 Å². The van der Waals surface area contributed by atoms with Gasteiger partial charge in [-0.2, -0.15) is 11.3 Å². The van der Waals surface area contributed by atoms with Crippen LogP contribution in [0.1, 0.15) is 35.1 Å². The van der Waals surface area contributed by atoms with E-state index in [1.165, 1.54) is 11.3 Å². The summed E-state index contributed by atoms with van der Waals surface area (Å²) >= 11 is 3.05. The van der Waals surface area contributed by atoms with E-state index in [-0.39, 0.29) is 18.6 Å². The molecule has 0 saturated heterocycles. The Balaban J connectivity index is 2.07. The van der Waals surface area contributed by atoms with E-state index < -0.39 is 0 Å². The first-order valence-corrected chi connectivity index (χ1v) is 8.29. The van der Waals surface area contributed by atoms with Crippen molar-refractivity contribution in [3.63, 3.8) is 0 Å². The standard InChI is InChI=1S/C14H18N2O2S2/c1-9(4-3-6-17)15-13(18)12-10(2)16-14(20-12)11-5-7-19-8-11/h5,7-9,17H,3-4,6H2,1-2H3,(H,15,18). The molecule has 0 aliphatic rings. The number of carbonyl (C=O) groups is 1. The average Bonchev–Trinajstić information content (AvgIpc) is 3.04. The number of thiazole rings is 1. The first kappa shape index (κ1) is 15.2. The van der Waals surface area contributed by atoms with Crippen molar-refractivity contribution in [3.05, 3.63) is 27.4 Å². The summed E-state index contributed by atoms with van der Waals surface area (Å²) in [4.78, 5) is 17.4. The van der Waals surface area contributed by atoms with E-state index in [1.54, 1.807) is 11.3 Å². The molecule has 1 amide bonds. The molecule has 108 valence electrons. The molecule has 0 aromatic carbocycles. The second-order valence-electron chi connectivity index (χ2n) is 4.69. The van der Waals surface area contributed by atoms with Crippen molar-refractivity contribution in [2.45, 2.75) is 32.7 Å². The molecule has 0 bridgehead atoms. The number of thiophene rings is 1. The zero-order valence-corrected chi connectivity index (χ0v) is 13.2. The van der Waals surface area contributed by atoms with Gasteiger partial charge in [-0.1, -0.05) is 0 Å². The summed E-state index contributed by atoms with van der Waals surface area (Å²) in [5, 5.41) is 16.7. The second-order valence-corrected chi connectivity index (χ2v) is 6.47. The molecular formula is C14H18N2O2S2. The van der Waals surface area contributed by atoms with Gasteiger partial charge in [-0.05, 0) is 38.1 Å². The third-order valence-corrected chi connectivity index (χ3v) is 4.83. The van der Waals surface area contributed by atoms with Crippen molar-refractivity contribution in [1.82, 2.24) is 10.3 Å². The topological polar surface area (TPSA) is 62.2 Å². The Hall–Kier alpha value is -1.24. The van der Waals surface area contributed by atoms with Crippen LogP contribution in [0.3, 0.4) is 0 Å². The number of aliphatic hydroxyl groups excluding tert-OH is 1. The monoisotopic (exact) mass is 310 g/mol. The number of aliphatic hydroxyl groups is 1. The maximum Gasteiger partial charge on any atom is 0.263 e. The molecule has 0 fully saturated rings. The van der Waals surface area contributed by atoms with Crippen LogP contribution in [-0.2, 0) is 0 Å². The molecule has 2 heterocycles. The normalized spacial score (nSPS) is 12.3. The maximum absolute atomic E-state index is 12.2. The third-order valence-electron chi connectivity index (χ3n) is 2.94. The molecule has 6 heteroatoms. The maximum atomic E-state index is 12.2. The van der Waals surface area contributed by atoms with Gasteiger partial charge in [-0.3, -0.25) is 4.79 Å². The summed E-state index contributed by atoms with van der Waals surface area (Å²) in [6.45, 7) is 3.96. The minimum atomic E-state index is -0.0769. The van der Waals surface area contributed by atoms with Crippen LogP contribution in [-0.4, -0.2) is 28.6 Å². The summed E-state index contributed by atoms with van der Waals surface area (Å²) in [6.07, 6.45) is 1.47. The van der Waals surface area contributed by atoms with Gasteiger partial charge in [0.25, 0.3) is 5.91 Å². The van der Waals surface area contributed by atoms with E-state index in [0.29, 0.717) is 11.3 Å². The molecule has 20 heavy (non-hydrogen) atoms. The molecule has 0 aliphatic heterocycles. The number of aromatic nitrogens is 1. The fourth-order valence-corrected chi connectivity index (χ4v) is 3.56. The molecule has 2 N–H and O–H groups in total. The van der Waals surface area contributed by atoms with Gasteiger partial charge in [0, 0.05) is 23.6 Å². The Kier molecular flexibility index (Phi) is 5.28. The van der Waals surface area contributed by atoms with Crippen molar-refractivity contribution in [1.29, 1.82) is 0 Å². The number of rotatable bonds is 6.